The van der Waals surface area contributed by atoms with Gasteiger partial charge in [-0.1, -0.05) is 6.08 Å². The number of amides is 4. The summed E-state index contributed by atoms with van der Waals surface area (Å²) in [6.45, 7) is 5.18. The van der Waals surface area contributed by atoms with Crippen LogP contribution in [0.4, 0.5) is 43.7 Å². The molecule has 0 atom stereocenters. The van der Waals surface area contributed by atoms with E-state index in [2.05, 4.69) is 15.0 Å². The summed E-state index contributed by atoms with van der Waals surface area (Å²) in [5, 5.41) is 0. The molecule has 201 valence electrons. The molecular formula is C30H21N6O5. The fraction of sp³-hybridized carbons (Fsp3) is 0.133. The van der Waals surface area contributed by atoms with Crippen molar-refractivity contribution < 1.29 is 24.0 Å². The zero-order chi connectivity index (χ0) is 29.3. The summed E-state index contributed by atoms with van der Waals surface area (Å²) in [5.74, 6) is 0. The van der Waals surface area contributed by atoms with E-state index in [0.29, 0.717) is 45.1 Å². The molecule has 41 heavy (non-hydrogen) atoms. The Morgan fingerprint density at radius 3 is 1.29 bits per heavy atom. The maximum atomic E-state index is 14.3. The number of rotatable bonds is 6. The molecule has 4 amide bonds. The number of anilines is 3. The van der Waals surface area contributed by atoms with E-state index in [1.165, 1.54) is 40.2 Å². The summed E-state index contributed by atoms with van der Waals surface area (Å²) in [4.78, 5) is 76.2. The number of urea groups is 2. The van der Waals surface area contributed by atoms with Gasteiger partial charge in [0.05, 0.1) is 22.7 Å². The number of isocyanates is 3. The number of hydrogen-bond acceptors (Lipinski definition) is 8. The van der Waals surface area contributed by atoms with Crippen molar-refractivity contribution in [3.05, 3.63) is 89.9 Å². The summed E-state index contributed by atoms with van der Waals surface area (Å²) in [6.07, 6.45) is 9.74. The van der Waals surface area contributed by atoms with Crippen LogP contribution in [0, 0.1) is 27.2 Å². The SMILES string of the molecule is Cc1cc(N2C(=O)N(c3ccc(N=C=O)c(C)c3)C3([CH]C=C3)N(c3ccc(N=C=O)c(C)c3)C2=O)ccc1N=C=O. The van der Waals surface area contributed by atoms with Crippen LogP contribution in [-0.4, -0.2) is 36.0 Å². The Kier molecular flexibility index (Phi) is 6.85. The molecule has 0 bridgehead atoms. The van der Waals surface area contributed by atoms with Crippen LogP contribution in [0.3, 0.4) is 0 Å². The molecule has 1 heterocycles. The fourth-order valence-electron chi connectivity index (χ4n) is 4.97. The van der Waals surface area contributed by atoms with Gasteiger partial charge >= 0.3 is 12.1 Å². The normalized spacial score (nSPS) is 17.5. The van der Waals surface area contributed by atoms with Gasteiger partial charge in [-0.25, -0.2) is 28.9 Å². The highest BCUT2D eigenvalue weighted by Gasteiger charge is 2.57. The highest BCUT2D eigenvalue weighted by Crippen LogP contribution is 2.46. The molecule has 0 unspecified atom stereocenters. The van der Waals surface area contributed by atoms with E-state index in [9.17, 15) is 24.0 Å². The van der Waals surface area contributed by atoms with E-state index >= 15 is 0 Å². The van der Waals surface area contributed by atoms with Gasteiger partial charge in [0.2, 0.25) is 18.2 Å². The Balaban J connectivity index is 1.74. The third-order valence-corrected chi connectivity index (χ3v) is 6.98. The highest BCUT2D eigenvalue weighted by molar-refractivity contribution is 6.28. The fourth-order valence-corrected chi connectivity index (χ4v) is 4.97. The summed E-state index contributed by atoms with van der Waals surface area (Å²) < 4.78 is 0. The summed E-state index contributed by atoms with van der Waals surface area (Å²) in [7, 11) is 0. The molecule has 0 saturated carbocycles. The molecule has 1 saturated heterocycles. The van der Waals surface area contributed by atoms with Gasteiger partial charge in [-0.2, -0.15) is 15.0 Å². The number of carbonyl (C=O) groups is 2. The van der Waals surface area contributed by atoms with E-state index in [4.69, 9.17) is 0 Å². The second kappa shape index (κ2) is 10.4. The second-order valence-electron chi connectivity index (χ2n) is 9.40. The lowest BCUT2D eigenvalue weighted by Gasteiger charge is -2.56. The molecule has 1 radical (unpaired) electrons. The quantitative estimate of drug-likeness (QED) is 0.274. The van der Waals surface area contributed by atoms with Gasteiger partial charge < -0.3 is 0 Å². The maximum Gasteiger partial charge on any atom is 0.339 e. The zero-order valence-electron chi connectivity index (χ0n) is 22.2. The number of benzene rings is 3. The topological polar surface area (TPSA) is 132 Å². The third kappa shape index (κ3) is 4.38. The first-order valence-corrected chi connectivity index (χ1v) is 12.3. The Morgan fingerprint density at radius 1 is 0.610 bits per heavy atom. The minimum absolute atomic E-state index is 0.258. The van der Waals surface area contributed by atoms with Crippen LogP contribution >= 0.6 is 0 Å². The smallest absolute Gasteiger partial charge is 0.265 e. The number of imide groups is 1. The molecule has 5 rings (SSSR count). The second-order valence-corrected chi connectivity index (χ2v) is 9.40. The zero-order valence-corrected chi connectivity index (χ0v) is 22.2. The molecule has 1 spiro atoms. The number of aliphatic imine (C=N–C) groups is 3. The minimum Gasteiger partial charge on any atom is -0.265 e. The molecule has 3 aromatic carbocycles. The van der Waals surface area contributed by atoms with Crippen molar-refractivity contribution >= 4 is 64.4 Å². The molecule has 1 fully saturated rings. The first kappa shape index (κ1) is 26.9. The Labute approximate surface area is 234 Å². The lowest BCUT2D eigenvalue weighted by Crippen LogP contribution is -2.76. The number of carbonyl (C=O) groups excluding carboxylic acids is 5. The number of hydrogen-bond donors (Lipinski definition) is 0. The molecule has 0 aromatic heterocycles. The largest absolute Gasteiger partial charge is 0.339 e. The maximum absolute atomic E-state index is 14.3. The molecule has 1 aliphatic heterocycles. The molecule has 3 aromatic rings. The van der Waals surface area contributed by atoms with Crippen molar-refractivity contribution in [3.8, 4) is 0 Å². The van der Waals surface area contributed by atoms with Gasteiger partial charge in [0.1, 0.15) is 0 Å². The molecule has 11 nitrogen and oxygen atoms in total. The van der Waals surface area contributed by atoms with E-state index in [0.717, 1.165) is 4.90 Å². The Bertz CT molecular complexity index is 1710. The van der Waals surface area contributed by atoms with Crippen LogP contribution in [0.1, 0.15) is 16.7 Å². The van der Waals surface area contributed by atoms with Gasteiger partial charge in [-0.3, -0.25) is 9.80 Å². The first-order valence-electron chi connectivity index (χ1n) is 12.3. The van der Waals surface area contributed by atoms with Crippen LogP contribution in [0.2, 0.25) is 0 Å². The van der Waals surface area contributed by atoms with E-state index in [1.54, 1.807) is 81.8 Å². The summed E-state index contributed by atoms with van der Waals surface area (Å²) >= 11 is 0. The van der Waals surface area contributed by atoms with Gasteiger partial charge in [-0.15, -0.1) is 0 Å². The van der Waals surface area contributed by atoms with Crippen molar-refractivity contribution in [2.24, 2.45) is 15.0 Å². The van der Waals surface area contributed by atoms with Gasteiger partial charge in [0.15, 0.2) is 5.66 Å². The van der Waals surface area contributed by atoms with Crippen LogP contribution in [0.5, 0.6) is 0 Å². The summed E-state index contributed by atoms with van der Waals surface area (Å²) in [6, 6.07) is 13.2. The van der Waals surface area contributed by atoms with Crippen molar-refractivity contribution in [1.29, 1.82) is 0 Å². The highest BCUT2D eigenvalue weighted by atomic mass is 16.2. The first-order chi connectivity index (χ1) is 19.7. The Morgan fingerprint density at radius 2 is 0.976 bits per heavy atom. The van der Waals surface area contributed by atoms with Crippen LogP contribution in [0.25, 0.3) is 0 Å². The molecular weight excluding hydrogens is 524 g/mol. The van der Waals surface area contributed by atoms with E-state index in [1.807, 2.05) is 0 Å². The summed E-state index contributed by atoms with van der Waals surface area (Å²) in [5.41, 5.74) is 2.75. The van der Waals surface area contributed by atoms with Crippen molar-refractivity contribution in [3.63, 3.8) is 0 Å². The lowest BCUT2D eigenvalue weighted by atomic mass is 9.88. The van der Waals surface area contributed by atoms with Crippen LogP contribution in [-0.2, 0) is 14.4 Å². The lowest BCUT2D eigenvalue weighted by molar-refractivity contribution is 0.226. The number of aryl methyl sites for hydroxylation is 3. The average molecular weight is 546 g/mol. The van der Waals surface area contributed by atoms with Crippen LogP contribution < -0.4 is 14.7 Å². The van der Waals surface area contributed by atoms with Gasteiger partial charge in [-0.05, 0) is 98.1 Å². The Hall–Kier alpha value is -5.72. The number of nitrogens with zero attached hydrogens (tertiary/aromatic N) is 6. The van der Waals surface area contributed by atoms with Crippen molar-refractivity contribution in [2.75, 3.05) is 14.7 Å². The molecule has 1 aliphatic carbocycles. The van der Waals surface area contributed by atoms with Crippen molar-refractivity contribution in [1.82, 2.24) is 0 Å². The van der Waals surface area contributed by atoms with Gasteiger partial charge in [0.25, 0.3) is 0 Å². The molecule has 2 aliphatic rings. The van der Waals surface area contributed by atoms with Crippen LogP contribution in [0.15, 0.2) is 81.7 Å². The molecule has 11 heteroatoms. The molecule has 0 N–H and O–H groups in total. The van der Waals surface area contributed by atoms with E-state index < -0.39 is 17.7 Å². The standard InChI is InChI=1S/C30H21N6O5/c1-19-13-22(5-8-25(19)31-16-37)34-28(40)35(23-6-9-26(32-17-38)20(2)14-23)30(11-4-12-30)36(29(34)41)24-7-10-27(33-18-39)21(3)15-24/h4-15H,1-3H3. The van der Waals surface area contributed by atoms with E-state index in [-0.39, 0.29) is 5.69 Å². The predicted molar refractivity (Wildman–Crippen MR) is 151 cm³/mol. The van der Waals surface area contributed by atoms with Crippen molar-refractivity contribution in [2.45, 2.75) is 26.4 Å². The monoisotopic (exact) mass is 545 g/mol. The average Bonchev–Trinajstić information content (AvgIpc) is 2.91. The third-order valence-electron chi connectivity index (χ3n) is 6.98. The predicted octanol–water partition coefficient (Wildman–Crippen LogP) is 6.06. The minimum atomic E-state index is -1.31. The van der Waals surface area contributed by atoms with Gasteiger partial charge in [0, 0.05) is 17.8 Å².